The summed E-state index contributed by atoms with van der Waals surface area (Å²) in [6.07, 6.45) is 4.62. The minimum atomic E-state index is 0.506. The van der Waals surface area contributed by atoms with E-state index < -0.39 is 0 Å². The molecule has 0 amide bonds. The van der Waals surface area contributed by atoms with Crippen molar-refractivity contribution in [2.45, 2.75) is 25.8 Å². The first-order valence-corrected chi connectivity index (χ1v) is 7.71. The SMILES string of the molecule is Cc1ncc([C@@H]2CCCN2C)c2c3ccccc3n(C)c12. The average molecular weight is 279 g/mol. The van der Waals surface area contributed by atoms with Crippen LogP contribution in [0.2, 0.25) is 0 Å². The van der Waals surface area contributed by atoms with E-state index in [9.17, 15) is 0 Å². The molecule has 1 aliphatic rings. The molecule has 108 valence electrons. The third kappa shape index (κ3) is 1.74. The second-order valence-electron chi connectivity index (χ2n) is 6.24. The second kappa shape index (κ2) is 4.57. The van der Waals surface area contributed by atoms with Crippen molar-refractivity contribution in [1.82, 2.24) is 14.5 Å². The molecule has 0 N–H and O–H groups in total. The van der Waals surface area contributed by atoms with Crippen molar-refractivity contribution in [3.63, 3.8) is 0 Å². The molecule has 3 heteroatoms. The summed E-state index contributed by atoms with van der Waals surface area (Å²) < 4.78 is 2.30. The van der Waals surface area contributed by atoms with Gasteiger partial charge in [-0.15, -0.1) is 0 Å². The molecule has 0 spiro atoms. The number of aromatic nitrogens is 2. The predicted octanol–water partition coefficient (Wildman–Crippen LogP) is 3.80. The van der Waals surface area contributed by atoms with Gasteiger partial charge in [-0.2, -0.15) is 0 Å². The Morgan fingerprint density at radius 1 is 1.19 bits per heavy atom. The highest BCUT2D eigenvalue weighted by Crippen LogP contribution is 2.39. The van der Waals surface area contributed by atoms with E-state index >= 15 is 0 Å². The van der Waals surface area contributed by atoms with Crippen molar-refractivity contribution in [2.75, 3.05) is 13.6 Å². The van der Waals surface area contributed by atoms with Gasteiger partial charge in [0.25, 0.3) is 0 Å². The van der Waals surface area contributed by atoms with Gasteiger partial charge in [-0.25, -0.2) is 0 Å². The highest BCUT2D eigenvalue weighted by atomic mass is 15.1. The van der Waals surface area contributed by atoms with E-state index in [0.29, 0.717) is 6.04 Å². The van der Waals surface area contributed by atoms with Crippen LogP contribution in [0.3, 0.4) is 0 Å². The molecular formula is C18H21N3. The Morgan fingerprint density at radius 3 is 2.76 bits per heavy atom. The van der Waals surface area contributed by atoms with E-state index in [0.717, 1.165) is 5.69 Å². The molecule has 4 rings (SSSR count). The van der Waals surface area contributed by atoms with Crippen molar-refractivity contribution in [2.24, 2.45) is 7.05 Å². The third-order valence-electron chi connectivity index (χ3n) is 5.02. The zero-order valence-corrected chi connectivity index (χ0v) is 12.9. The number of para-hydroxylation sites is 1. The zero-order chi connectivity index (χ0) is 14.6. The van der Waals surface area contributed by atoms with Crippen LogP contribution in [0, 0.1) is 6.92 Å². The Balaban J connectivity index is 2.13. The summed E-state index contributed by atoms with van der Waals surface area (Å²) in [4.78, 5) is 7.16. The molecule has 1 aromatic carbocycles. The standard InChI is InChI=1S/C18H21N3/c1-12-18-17(13-7-4-5-8-16(13)21(18)3)14(11-19-12)15-9-6-10-20(15)2/h4-5,7-8,11,15H,6,9-10H2,1-3H3/t15-/m0/s1. The number of likely N-dealkylation sites (tertiary alicyclic amines) is 1. The fourth-order valence-electron chi connectivity index (χ4n) is 3.96. The van der Waals surface area contributed by atoms with Gasteiger partial charge in [-0.05, 0) is 45.0 Å². The minimum Gasteiger partial charge on any atom is -0.342 e. The molecule has 1 atom stereocenters. The van der Waals surface area contributed by atoms with E-state index in [1.54, 1.807) is 0 Å². The van der Waals surface area contributed by atoms with Crippen LogP contribution < -0.4 is 0 Å². The van der Waals surface area contributed by atoms with Crippen LogP contribution in [0.15, 0.2) is 30.5 Å². The first kappa shape index (κ1) is 12.8. The molecule has 3 aromatic rings. The number of rotatable bonds is 1. The van der Waals surface area contributed by atoms with Crippen molar-refractivity contribution in [3.05, 3.63) is 41.7 Å². The van der Waals surface area contributed by atoms with Crippen LogP contribution in [-0.4, -0.2) is 28.0 Å². The van der Waals surface area contributed by atoms with Gasteiger partial charge in [0.2, 0.25) is 0 Å². The molecule has 2 aromatic heterocycles. The average Bonchev–Trinajstić information content (AvgIpc) is 3.04. The summed E-state index contributed by atoms with van der Waals surface area (Å²) in [6, 6.07) is 9.21. The van der Waals surface area contributed by atoms with Gasteiger partial charge in [0.1, 0.15) is 0 Å². The summed E-state index contributed by atoms with van der Waals surface area (Å²) in [5, 5.41) is 2.76. The molecule has 3 heterocycles. The Labute approximate surface area is 125 Å². The zero-order valence-electron chi connectivity index (χ0n) is 12.9. The van der Waals surface area contributed by atoms with Crippen molar-refractivity contribution in [1.29, 1.82) is 0 Å². The number of aryl methyl sites for hydroxylation is 2. The fourth-order valence-corrected chi connectivity index (χ4v) is 3.96. The van der Waals surface area contributed by atoms with Gasteiger partial charge in [0.05, 0.1) is 11.2 Å². The molecular weight excluding hydrogens is 258 g/mol. The van der Waals surface area contributed by atoms with Gasteiger partial charge in [-0.3, -0.25) is 9.88 Å². The first-order valence-electron chi connectivity index (χ1n) is 7.71. The number of fused-ring (bicyclic) bond motifs is 3. The fraction of sp³-hybridized carbons (Fsp3) is 0.389. The summed E-state index contributed by atoms with van der Waals surface area (Å²) in [6.45, 7) is 3.30. The normalized spacial score (nSPS) is 19.9. The van der Waals surface area contributed by atoms with Crippen LogP contribution in [0.5, 0.6) is 0 Å². The summed E-state index contributed by atoms with van der Waals surface area (Å²) in [5.41, 5.74) is 5.10. The van der Waals surface area contributed by atoms with Gasteiger partial charge in [-0.1, -0.05) is 18.2 Å². The van der Waals surface area contributed by atoms with Crippen LogP contribution in [0.4, 0.5) is 0 Å². The van der Waals surface area contributed by atoms with Crippen molar-refractivity contribution < 1.29 is 0 Å². The third-order valence-corrected chi connectivity index (χ3v) is 5.02. The summed E-state index contributed by atoms with van der Waals surface area (Å²) in [5.74, 6) is 0. The van der Waals surface area contributed by atoms with E-state index in [4.69, 9.17) is 4.98 Å². The minimum absolute atomic E-state index is 0.506. The number of pyridine rings is 1. The molecule has 1 saturated heterocycles. The predicted molar refractivity (Wildman–Crippen MR) is 87.6 cm³/mol. The number of hydrogen-bond acceptors (Lipinski definition) is 2. The summed E-state index contributed by atoms with van der Waals surface area (Å²) >= 11 is 0. The smallest absolute Gasteiger partial charge is 0.0708 e. The van der Waals surface area contributed by atoms with Crippen LogP contribution in [0.1, 0.15) is 30.1 Å². The Bertz CT molecular complexity index is 831. The Kier molecular flexibility index (Phi) is 2.79. The van der Waals surface area contributed by atoms with Crippen LogP contribution in [-0.2, 0) is 7.05 Å². The maximum atomic E-state index is 4.69. The lowest BCUT2D eigenvalue weighted by Crippen LogP contribution is -2.18. The Morgan fingerprint density at radius 2 is 2.00 bits per heavy atom. The Hall–Kier alpha value is -1.87. The molecule has 0 aliphatic carbocycles. The second-order valence-corrected chi connectivity index (χ2v) is 6.24. The van der Waals surface area contributed by atoms with Crippen molar-refractivity contribution in [3.8, 4) is 0 Å². The molecule has 0 radical (unpaired) electrons. The van der Waals surface area contributed by atoms with Gasteiger partial charge >= 0.3 is 0 Å². The summed E-state index contributed by atoms with van der Waals surface area (Å²) in [7, 11) is 4.38. The maximum absolute atomic E-state index is 4.69. The molecule has 0 bridgehead atoms. The number of hydrogen-bond donors (Lipinski definition) is 0. The largest absolute Gasteiger partial charge is 0.342 e. The van der Waals surface area contributed by atoms with E-state index in [1.165, 1.54) is 46.8 Å². The quantitative estimate of drug-likeness (QED) is 0.675. The van der Waals surface area contributed by atoms with Crippen LogP contribution in [0.25, 0.3) is 21.8 Å². The van der Waals surface area contributed by atoms with Gasteiger partial charge < -0.3 is 4.57 Å². The van der Waals surface area contributed by atoms with Gasteiger partial charge in [0.15, 0.2) is 0 Å². The monoisotopic (exact) mass is 279 g/mol. The van der Waals surface area contributed by atoms with Crippen LogP contribution >= 0.6 is 0 Å². The number of benzene rings is 1. The molecule has 3 nitrogen and oxygen atoms in total. The maximum Gasteiger partial charge on any atom is 0.0708 e. The van der Waals surface area contributed by atoms with Crippen molar-refractivity contribution >= 4 is 21.8 Å². The van der Waals surface area contributed by atoms with E-state index in [2.05, 4.69) is 60.9 Å². The lowest BCUT2D eigenvalue weighted by atomic mass is 10.00. The number of nitrogens with zero attached hydrogens (tertiary/aromatic N) is 3. The molecule has 0 saturated carbocycles. The topological polar surface area (TPSA) is 21.1 Å². The lowest BCUT2D eigenvalue weighted by Gasteiger charge is -2.21. The lowest BCUT2D eigenvalue weighted by molar-refractivity contribution is 0.318. The molecule has 0 unspecified atom stereocenters. The molecule has 1 aliphatic heterocycles. The van der Waals surface area contributed by atoms with Gasteiger partial charge in [0, 0.05) is 35.6 Å². The first-order chi connectivity index (χ1) is 10.2. The van der Waals surface area contributed by atoms with E-state index in [-0.39, 0.29) is 0 Å². The highest BCUT2D eigenvalue weighted by Gasteiger charge is 2.26. The van der Waals surface area contributed by atoms with E-state index in [1.807, 2.05) is 0 Å². The molecule has 21 heavy (non-hydrogen) atoms. The molecule has 1 fully saturated rings. The highest BCUT2D eigenvalue weighted by molar-refractivity contribution is 6.10.